The van der Waals surface area contributed by atoms with Crippen LogP contribution < -0.4 is 5.56 Å². The number of amides is 1. The highest BCUT2D eigenvalue weighted by atomic mass is 16.4. The van der Waals surface area contributed by atoms with Gasteiger partial charge in [0.1, 0.15) is 17.6 Å². The number of carbonyl (C=O) groups is 2. The van der Waals surface area contributed by atoms with E-state index >= 15 is 0 Å². The van der Waals surface area contributed by atoms with Crippen molar-refractivity contribution in [1.29, 1.82) is 0 Å². The molecule has 1 N–H and O–H groups in total. The van der Waals surface area contributed by atoms with Crippen molar-refractivity contribution in [3.8, 4) is 0 Å². The summed E-state index contributed by atoms with van der Waals surface area (Å²) in [6, 6.07) is 7.25. The van der Waals surface area contributed by atoms with Crippen LogP contribution in [0.3, 0.4) is 0 Å². The first-order valence-corrected chi connectivity index (χ1v) is 8.42. The Morgan fingerprint density at radius 2 is 1.96 bits per heavy atom. The maximum Gasteiger partial charge on any atom is 0.306 e. The van der Waals surface area contributed by atoms with Crippen molar-refractivity contribution in [2.75, 3.05) is 13.1 Å². The molecule has 1 aliphatic rings. The lowest BCUT2D eigenvalue weighted by atomic mass is 9.97. The van der Waals surface area contributed by atoms with Crippen LogP contribution in [0.2, 0.25) is 0 Å². The molecule has 3 aromatic rings. The number of carboxylic acids is 1. The van der Waals surface area contributed by atoms with Gasteiger partial charge >= 0.3 is 5.97 Å². The van der Waals surface area contributed by atoms with E-state index in [2.05, 4.69) is 4.98 Å². The zero-order valence-corrected chi connectivity index (χ0v) is 13.9. The second kappa shape index (κ2) is 6.29. The highest BCUT2D eigenvalue weighted by molar-refractivity contribution is 6.01. The molecule has 2 aromatic heterocycles. The number of nitrogens with zero attached hydrogens (tertiary/aromatic N) is 3. The van der Waals surface area contributed by atoms with E-state index in [4.69, 9.17) is 9.52 Å². The summed E-state index contributed by atoms with van der Waals surface area (Å²) in [6.45, 7) is 0.617. The molecule has 0 spiro atoms. The molecule has 0 radical (unpaired) electrons. The van der Waals surface area contributed by atoms with Gasteiger partial charge in [0.25, 0.3) is 5.56 Å². The number of carboxylic acid groups (broad SMARTS) is 1. The molecule has 1 amide bonds. The largest absolute Gasteiger partial charge is 0.481 e. The smallest absolute Gasteiger partial charge is 0.306 e. The number of carbonyl (C=O) groups excluding carboxylic acids is 1. The first-order chi connectivity index (χ1) is 12.5. The fourth-order valence-corrected chi connectivity index (χ4v) is 3.35. The molecule has 1 fully saturated rings. The molecule has 8 heteroatoms. The summed E-state index contributed by atoms with van der Waals surface area (Å²) in [5, 5.41) is 9.79. The van der Waals surface area contributed by atoms with Crippen molar-refractivity contribution in [3.63, 3.8) is 0 Å². The van der Waals surface area contributed by atoms with Gasteiger partial charge in [-0.25, -0.2) is 4.98 Å². The quantitative estimate of drug-likeness (QED) is 0.763. The second-order valence-corrected chi connectivity index (χ2v) is 6.45. The number of rotatable bonds is 3. The van der Waals surface area contributed by atoms with Gasteiger partial charge in [0.05, 0.1) is 12.2 Å². The number of para-hydroxylation sites is 1. The Labute approximate surface area is 147 Å². The van der Waals surface area contributed by atoms with Crippen molar-refractivity contribution in [1.82, 2.24) is 14.5 Å². The Hall–Kier alpha value is -3.16. The van der Waals surface area contributed by atoms with E-state index in [0.29, 0.717) is 37.0 Å². The lowest BCUT2D eigenvalue weighted by Gasteiger charge is -2.30. The Morgan fingerprint density at radius 1 is 1.23 bits per heavy atom. The lowest BCUT2D eigenvalue weighted by Crippen LogP contribution is -2.42. The van der Waals surface area contributed by atoms with Crippen LogP contribution in [0.4, 0.5) is 0 Å². The molecular weight excluding hydrogens is 338 g/mol. The molecule has 26 heavy (non-hydrogen) atoms. The molecule has 0 unspecified atom stereocenters. The number of fused-ring (bicyclic) bond motifs is 3. The van der Waals surface area contributed by atoms with E-state index in [9.17, 15) is 14.4 Å². The number of benzene rings is 1. The van der Waals surface area contributed by atoms with Gasteiger partial charge in [-0.15, -0.1) is 0 Å². The van der Waals surface area contributed by atoms with Crippen molar-refractivity contribution in [3.05, 3.63) is 40.9 Å². The zero-order chi connectivity index (χ0) is 18.3. The number of hydrogen-bond acceptors (Lipinski definition) is 5. The van der Waals surface area contributed by atoms with Gasteiger partial charge in [-0.2, -0.15) is 0 Å². The third kappa shape index (κ3) is 2.73. The van der Waals surface area contributed by atoms with E-state index in [-0.39, 0.29) is 18.0 Å². The van der Waals surface area contributed by atoms with E-state index in [0.717, 1.165) is 5.39 Å². The molecule has 0 atom stereocenters. The van der Waals surface area contributed by atoms with Crippen LogP contribution >= 0.6 is 0 Å². The topological polar surface area (TPSA) is 106 Å². The fraction of sp³-hybridized carbons (Fsp3) is 0.333. The second-order valence-electron chi connectivity index (χ2n) is 6.45. The molecule has 0 saturated carbocycles. The van der Waals surface area contributed by atoms with Crippen LogP contribution in [0, 0.1) is 5.92 Å². The number of hydrogen-bond donors (Lipinski definition) is 1. The van der Waals surface area contributed by atoms with Gasteiger partial charge in [-0.05, 0) is 25.0 Å². The summed E-state index contributed by atoms with van der Waals surface area (Å²) >= 11 is 0. The van der Waals surface area contributed by atoms with Gasteiger partial charge in [-0.1, -0.05) is 12.1 Å². The molecule has 1 aromatic carbocycles. The monoisotopic (exact) mass is 355 g/mol. The van der Waals surface area contributed by atoms with Gasteiger partial charge < -0.3 is 14.4 Å². The van der Waals surface area contributed by atoms with Crippen LogP contribution in [0.25, 0.3) is 22.1 Å². The van der Waals surface area contributed by atoms with Gasteiger partial charge in [0.15, 0.2) is 0 Å². The Balaban J connectivity index is 1.57. The fourth-order valence-electron chi connectivity index (χ4n) is 3.35. The maximum absolute atomic E-state index is 12.6. The number of furan rings is 1. The molecule has 4 rings (SSSR count). The van der Waals surface area contributed by atoms with Gasteiger partial charge in [-0.3, -0.25) is 19.0 Å². The first kappa shape index (κ1) is 16.3. The Bertz CT molecular complexity index is 1060. The average Bonchev–Trinajstić information content (AvgIpc) is 3.03. The normalized spacial score (nSPS) is 15.6. The molecule has 1 aliphatic heterocycles. The van der Waals surface area contributed by atoms with Gasteiger partial charge in [0, 0.05) is 18.5 Å². The lowest BCUT2D eigenvalue weighted by molar-refractivity contribution is -0.145. The minimum absolute atomic E-state index is 0.131. The summed E-state index contributed by atoms with van der Waals surface area (Å²) < 4.78 is 6.84. The highest BCUT2D eigenvalue weighted by Gasteiger charge is 2.27. The summed E-state index contributed by atoms with van der Waals surface area (Å²) in [4.78, 5) is 42.0. The van der Waals surface area contributed by atoms with E-state index < -0.39 is 17.4 Å². The molecule has 3 heterocycles. The molecular formula is C18H17N3O5. The maximum atomic E-state index is 12.6. The number of aliphatic carboxylic acids is 1. The highest BCUT2D eigenvalue weighted by Crippen LogP contribution is 2.24. The van der Waals surface area contributed by atoms with E-state index in [1.807, 2.05) is 18.2 Å². The molecule has 8 nitrogen and oxygen atoms in total. The Morgan fingerprint density at radius 3 is 2.69 bits per heavy atom. The van der Waals surface area contributed by atoms with Crippen LogP contribution in [0.1, 0.15) is 12.8 Å². The third-order valence-electron chi connectivity index (χ3n) is 4.85. The van der Waals surface area contributed by atoms with E-state index in [1.54, 1.807) is 11.0 Å². The molecule has 0 bridgehead atoms. The number of aromatic nitrogens is 2. The first-order valence-electron chi connectivity index (χ1n) is 8.42. The standard InChI is InChI=1S/C18H17N3O5/c22-14(20-7-5-11(6-8-20)18(24)25)9-21-10-19-15-12-3-1-2-4-13(12)26-16(15)17(21)23/h1-4,10-11H,5-9H2,(H,24,25). The average molecular weight is 355 g/mol. The summed E-state index contributed by atoms with van der Waals surface area (Å²) in [5.74, 6) is -1.46. The third-order valence-corrected chi connectivity index (χ3v) is 4.85. The number of likely N-dealkylation sites (tertiary alicyclic amines) is 1. The molecule has 1 saturated heterocycles. The zero-order valence-electron chi connectivity index (χ0n) is 13.9. The SMILES string of the molecule is O=C(O)C1CCN(C(=O)Cn2cnc3c(oc4ccccc43)c2=O)CC1. The summed E-state index contributed by atoms with van der Waals surface area (Å²) in [7, 11) is 0. The van der Waals surface area contributed by atoms with E-state index in [1.165, 1.54) is 10.9 Å². The summed E-state index contributed by atoms with van der Waals surface area (Å²) in [5.41, 5.74) is 0.787. The Kier molecular flexibility index (Phi) is 3.95. The van der Waals surface area contributed by atoms with Crippen LogP contribution in [-0.2, 0) is 16.1 Å². The van der Waals surface area contributed by atoms with Crippen LogP contribution in [-0.4, -0.2) is 44.5 Å². The predicted octanol–water partition coefficient (Wildman–Crippen LogP) is 1.47. The molecule has 0 aliphatic carbocycles. The van der Waals surface area contributed by atoms with Crippen LogP contribution in [0.15, 0.2) is 39.8 Å². The van der Waals surface area contributed by atoms with Crippen molar-refractivity contribution in [2.45, 2.75) is 19.4 Å². The minimum Gasteiger partial charge on any atom is -0.481 e. The van der Waals surface area contributed by atoms with Crippen molar-refractivity contribution in [2.24, 2.45) is 5.92 Å². The van der Waals surface area contributed by atoms with Gasteiger partial charge in [0.2, 0.25) is 11.5 Å². The summed E-state index contributed by atoms with van der Waals surface area (Å²) in [6.07, 6.45) is 2.21. The number of piperidine rings is 1. The van der Waals surface area contributed by atoms with Crippen molar-refractivity contribution >= 4 is 33.9 Å². The molecule has 134 valence electrons. The van der Waals surface area contributed by atoms with Crippen LogP contribution in [0.5, 0.6) is 0 Å². The predicted molar refractivity (Wildman–Crippen MR) is 92.7 cm³/mol. The van der Waals surface area contributed by atoms with Crippen molar-refractivity contribution < 1.29 is 19.1 Å². The minimum atomic E-state index is -0.826.